The number of nitrogens with zero attached hydrogens (tertiary/aromatic N) is 2. The molecule has 1 N–H and O–H groups in total. The Labute approximate surface area is 199 Å². The highest BCUT2D eigenvalue weighted by atomic mass is 32.2. The van der Waals surface area contributed by atoms with Crippen LogP contribution in [0.3, 0.4) is 0 Å². The van der Waals surface area contributed by atoms with Gasteiger partial charge in [0.2, 0.25) is 5.91 Å². The van der Waals surface area contributed by atoms with Crippen molar-refractivity contribution in [3.8, 4) is 0 Å². The first-order valence-electron chi connectivity index (χ1n) is 11.7. The van der Waals surface area contributed by atoms with Gasteiger partial charge >= 0.3 is 0 Å². The third-order valence-corrected chi connectivity index (χ3v) is 9.83. The van der Waals surface area contributed by atoms with Crippen molar-refractivity contribution in [3.05, 3.63) is 46.8 Å². The normalized spacial score (nSPS) is 18.3. The van der Waals surface area contributed by atoms with Gasteiger partial charge < -0.3 is 10.2 Å². The Balaban J connectivity index is 1.34. The monoisotopic (exact) mass is 489 g/mol. The van der Waals surface area contributed by atoms with Gasteiger partial charge in [-0.1, -0.05) is 19.1 Å². The van der Waals surface area contributed by atoms with Gasteiger partial charge in [-0.3, -0.25) is 9.59 Å². The smallest absolute Gasteiger partial charge is 0.254 e. The molecule has 33 heavy (non-hydrogen) atoms. The Kier molecular flexibility index (Phi) is 7.51. The van der Waals surface area contributed by atoms with Crippen molar-refractivity contribution in [1.29, 1.82) is 0 Å². The van der Waals surface area contributed by atoms with E-state index in [2.05, 4.69) is 12.2 Å². The van der Waals surface area contributed by atoms with Gasteiger partial charge in [0.25, 0.3) is 15.9 Å². The van der Waals surface area contributed by atoms with Crippen LogP contribution in [-0.2, 0) is 21.2 Å². The number of carbonyl (C=O) groups excluding carboxylic acids is 2. The first kappa shape index (κ1) is 23.9. The predicted molar refractivity (Wildman–Crippen MR) is 130 cm³/mol. The SMILES string of the molecule is CCc1ccc(NC(=O)C2CCN(S(=O)(=O)c3cc(C(=O)N4CCCCC4)cs3)CC2)cc1. The minimum absolute atomic E-state index is 0.0677. The highest BCUT2D eigenvalue weighted by Gasteiger charge is 2.33. The summed E-state index contributed by atoms with van der Waals surface area (Å²) < 4.78 is 27.9. The Morgan fingerprint density at radius 1 is 1.03 bits per heavy atom. The molecule has 2 amide bonds. The highest BCUT2D eigenvalue weighted by molar-refractivity contribution is 7.91. The maximum atomic E-state index is 13.1. The van der Waals surface area contributed by atoms with E-state index in [4.69, 9.17) is 0 Å². The number of piperidine rings is 2. The summed E-state index contributed by atoms with van der Waals surface area (Å²) in [6.45, 7) is 4.13. The third-order valence-electron chi connectivity index (χ3n) is 6.51. The zero-order valence-corrected chi connectivity index (χ0v) is 20.6. The van der Waals surface area contributed by atoms with Crippen molar-refractivity contribution < 1.29 is 18.0 Å². The number of nitrogens with one attached hydrogen (secondary N) is 1. The molecule has 7 nitrogen and oxygen atoms in total. The molecule has 3 heterocycles. The second-order valence-electron chi connectivity index (χ2n) is 8.73. The van der Waals surface area contributed by atoms with E-state index in [-0.39, 0.29) is 21.9 Å². The lowest BCUT2D eigenvalue weighted by molar-refractivity contribution is -0.120. The van der Waals surface area contributed by atoms with Crippen LogP contribution in [0, 0.1) is 5.92 Å². The maximum Gasteiger partial charge on any atom is 0.254 e. The molecular weight excluding hydrogens is 458 g/mol. The molecule has 0 unspecified atom stereocenters. The van der Waals surface area contributed by atoms with Gasteiger partial charge in [0.05, 0.1) is 5.56 Å². The molecule has 2 aromatic rings. The molecule has 2 aliphatic heterocycles. The van der Waals surface area contributed by atoms with Gasteiger partial charge in [0, 0.05) is 43.2 Å². The molecule has 0 aliphatic carbocycles. The summed E-state index contributed by atoms with van der Waals surface area (Å²) in [6.07, 6.45) is 5.01. The minimum Gasteiger partial charge on any atom is -0.339 e. The van der Waals surface area contributed by atoms with Crippen molar-refractivity contribution in [2.45, 2.75) is 49.7 Å². The summed E-state index contributed by atoms with van der Waals surface area (Å²) in [5.41, 5.74) is 2.42. The van der Waals surface area contributed by atoms with Crippen LogP contribution in [0.1, 0.15) is 54.9 Å². The number of anilines is 1. The Morgan fingerprint density at radius 2 is 1.70 bits per heavy atom. The fourth-order valence-corrected chi connectivity index (χ4v) is 7.17. The summed E-state index contributed by atoms with van der Waals surface area (Å²) >= 11 is 1.10. The van der Waals surface area contributed by atoms with Crippen LogP contribution in [-0.4, -0.2) is 55.6 Å². The molecule has 0 saturated carbocycles. The number of hydrogen-bond acceptors (Lipinski definition) is 5. The minimum atomic E-state index is -3.67. The number of likely N-dealkylation sites (tertiary alicyclic amines) is 1. The lowest BCUT2D eigenvalue weighted by atomic mass is 9.97. The highest BCUT2D eigenvalue weighted by Crippen LogP contribution is 2.29. The van der Waals surface area contributed by atoms with Gasteiger partial charge in [0.15, 0.2) is 0 Å². The second kappa shape index (κ2) is 10.4. The first-order valence-corrected chi connectivity index (χ1v) is 14.0. The number of rotatable bonds is 6. The molecule has 2 fully saturated rings. The zero-order valence-electron chi connectivity index (χ0n) is 19.0. The number of carbonyl (C=O) groups is 2. The van der Waals surface area contributed by atoms with E-state index in [1.165, 1.54) is 15.9 Å². The zero-order chi connectivity index (χ0) is 23.4. The van der Waals surface area contributed by atoms with E-state index in [9.17, 15) is 18.0 Å². The molecule has 1 aromatic heterocycles. The number of thiophene rings is 1. The van der Waals surface area contributed by atoms with Crippen LogP contribution in [0.25, 0.3) is 0 Å². The van der Waals surface area contributed by atoms with E-state index in [1.54, 1.807) is 5.38 Å². The number of amides is 2. The topological polar surface area (TPSA) is 86.8 Å². The quantitative estimate of drug-likeness (QED) is 0.665. The van der Waals surface area contributed by atoms with Crippen LogP contribution >= 0.6 is 11.3 Å². The van der Waals surface area contributed by atoms with Crippen molar-refractivity contribution >= 4 is 38.9 Å². The molecule has 0 atom stereocenters. The lowest BCUT2D eigenvalue weighted by Crippen LogP contribution is -2.41. The van der Waals surface area contributed by atoms with Gasteiger partial charge in [-0.15, -0.1) is 11.3 Å². The van der Waals surface area contributed by atoms with Crippen LogP contribution < -0.4 is 5.32 Å². The van der Waals surface area contributed by atoms with Crippen molar-refractivity contribution in [3.63, 3.8) is 0 Å². The van der Waals surface area contributed by atoms with Crippen LogP contribution in [0.15, 0.2) is 39.9 Å². The molecule has 0 spiro atoms. The van der Waals surface area contributed by atoms with E-state index in [1.807, 2.05) is 29.2 Å². The molecule has 9 heteroatoms. The summed E-state index contributed by atoms with van der Waals surface area (Å²) in [5, 5.41) is 4.59. The fourth-order valence-electron chi connectivity index (χ4n) is 4.40. The van der Waals surface area contributed by atoms with Gasteiger partial charge in [0.1, 0.15) is 4.21 Å². The number of aryl methyl sites for hydroxylation is 1. The van der Waals surface area contributed by atoms with Crippen LogP contribution in [0.4, 0.5) is 5.69 Å². The van der Waals surface area contributed by atoms with E-state index in [0.717, 1.165) is 55.8 Å². The van der Waals surface area contributed by atoms with Crippen LogP contribution in [0.5, 0.6) is 0 Å². The third kappa shape index (κ3) is 5.47. The average molecular weight is 490 g/mol. The van der Waals surface area contributed by atoms with Gasteiger partial charge in [-0.25, -0.2) is 8.42 Å². The van der Waals surface area contributed by atoms with Crippen LogP contribution in [0.2, 0.25) is 0 Å². The van der Waals surface area contributed by atoms with Gasteiger partial charge in [-0.2, -0.15) is 4.31 Å². The second-order valence-corrected chi connectivity index (χ2v) is 11.8. The molecule has 2 saturated heterocycles. The Hall–Kier alpha value is -2.23. The molecule has 1 aromatic carbocycles. The molecule has 178 valence electrons. The molecule has 4 rings (SSSR count). The van der Waals surface area contributed by atoms with E-state index < -0.39 is 10.0 Å². The number of benzene rings is 1. The van der Waals surface area contributed by atoms with Crippen molar-refractivity contribution in [1.82, 2.24) is 9.21 Å². The Morgan fingerprint density at radius 3 is 2.33 bits per heavy atom. The molecular formula is C24H31N3O4S2. The largest absolute Gasteiger partial charge is 0.339 e. The summed E-state index contributed by atoms with van der Waals surface area (Å²) in [4.78, 5) is 27.2. The summed E-state index contributed by atoms with van der Waals surface area (Å²) in [7, 11) is -3.67. The van der Waals surface area contributed by atoms with E-state index >= 15 is 0 Å². The van der Waals surface area contributed by atoms with Gasteiger partial charge in [-0.05, 0) is 62.3 Å². The number of sulfonamides is 1. The fraction of sp³-hybridized carbons (Fsp3) is 0.500. The Bertz CT molecular complexity index is 1080. The number of hydrogen-bond donors (Lipinski definition) is 1. The molecule has 0 radical (unpaired) electrons. The van der Waals surface area contributed by atoms with Crippen molar-refractivity contribution in [2.75, 3.05) is 31.5 Å². The lowest BCUT2D eigenvalue weighted by Gasteiger charge is -2.30. The standard InChI is InChI=1S/C24H31N3O4S2/c1-2-18-6-8-21(9-7-18)25-23(28)19-10-14-27(15-11-19)33(30,31)22-16-20(17-32-22)24(29)26-12-4-3-5-13-26/h6-9,16-17,19H,2-5,10-15H2,1H3,(H,25,28). The van der Waals surface area contributed by atoms with Crippen molar-refractivity contribution in [2.24, 2.45) is 5.92 Å². The summed E-state index contributed by atoms with van der Waals surface area (Å²) in [5.74, 6) is -0.376. The molecule has 0 bridgehead atoms. The first-order chi connectivity index (χ1) is 15.9. The van der Waals surface area contributed by atoms with E-state index in [0.29, 0.717) is 31.5 Å². The maximum absolute atomic E-state index is 13.1. The molecule has 2 aliphatic rings. The summed E-state index contributed by atoms with van der Waals surface area (Å²) in [6, 6.07) is 9.30. The predicted octanol–water partition coefficient (Wildman–Crippen LogP) is 3.98. The average Bonchev–Trinajstić information content (AvgIpc) is 3.36.